The molecule has 10 heteroatoms. The number of halogens is 2. The maximum absolute atomic E-state index is 12.9. The second-order valence-electron chi connectivity index (χ2n) is 5.02. The molecule has 130 valence electrons. The van der Waals surface area contributed by atoms with Crippen LogP contribution < -0.4 is 4.74 Å². The zero-order valence-electron chi connectivity index (χ0n) is 13.1. The van der Waals surface area contributed by atoms with Gasteiger partial charge in [-0.2, -0.15) is 20.0 Å². The number of methoxy groups -OCH3 is 1. The van der Waals surface area contributed by atoms with Gasteiger partial charge in [-0.3, -0.25) is 4.68 Å². The second kappa shape index (κ2) is 7.34. The Hall–Kier alpha value is -2.88. The molecule has 3 aromatic rings. The molecule has 1 N–H and O–H groups in total. The molecule has 0 bridgehead atoms. The van der Waals surface area contributed by atoms with Crippen molar-refractivity contribution in [3.05, 3.63) is 58.4 Å². The van der Waals surface area contributed by atoms with Gasteiger partial charge in [0.25, 0.3) is 6.43 Å². The minimum atomic E-state index is -2.78. The number of aromatic nitrogens is 5. The normalized spacial score (nSPS) is 11.5. The summed E-state index contributed by atoms with van der Waals surface area (Å²) in [5.41, 5.74) is 1.58. The van der Waals surface area contributed by atoms with Gasteiger partial charge in [-0.05, 0) is 42.0 Å². The standard InChI is InChI=1S/C15H14F2N6OS/c1-24-12-4-3-10(7-11(12)9-22-6-2-5-18-22)8-19-23-14(13(16)17)20-21-15(23)25/h2-8,13H,9H2,1H3,(H,21,25)/b19-8+. The second-order valence-corrected chi connectivity index (χ2v) is 5.41. The third kappa shape index (κ3) is 3.79. The molecule has 0 spiro atoms. The lowest BCUT2D eigenvalue weighted by molar-refractivity contribution is 0.136. The summed E-state index contributed by atoms with van der Waals surface area (Å²) < 4.78 is 33.8. The van der Waals surface area contributed by atoms with Gasteiger partial charge in [0.1, 0.15) is 5.75 Å². The molecule has 0 fully saturated rings. The fourth-order valence-electron chi connectivity index (χ4n) is 2.25. The van der Waals surface area contributed by atoms with Gasteiger partial charge in [0.15, 0.2) is 0 Å². The van der Waals surface area contributed by atoms with E-state index < -0.39 is 12.2 Å². The van der Waals surface area contributed by atoms with Crippen molar-refractivity contribution in [2.75, 3.05) is 7.11 Å². The summed E-state index contributed by atoms with van der Waals surface area (Å²) in [6.07, 6.45) is 2.17. The molecule has 0 unspecified atom stereocenters. The van der Waals surface area contributed by atoms with Crippen LogP contribution in [0.5, 0.6) is 5.75 Å². The number of nitrogens with one attached hydrogen (secondary N) is 1. The summed E-state index contributed by atoms with van der Waals surface area (Å²) in [6.45, 7) is 0.505. The fourth-order valence-corrected chi connectivity index (χ4v) is 2.44. The highest BCUT2D eigenvalue weighted by Gasteiger charge is 2.16. The van der Waals surface area contributed by atoms with Gasteiger partial charge in [-0.15, -0.1) is 0 Å². The van der Waals surface area contributed by atoms with Crippen LogP contribution in [0.25, 0.3) is 0 Å². The molecule has 0 aliphatic heterocycles. The molecule has 0 radical (unpaired) electrons. The van der Waals surface area contributed by atoms with Crippen molar-refractivity contribution in [2.24, 2.45) is 5.10 Å². The predicted molar refractivity (Wildman–Crippen MR) is 89.7 cm³/mol. The first-order chi connectivity index (χ1) is 12.1. The fraction of sp³-hybridized carbons (Fsp3) is 0.200. The third-order valence-corrected chi connectivity index (χ3v) is 3.65. The molecule has 7 nitrogen and oxygen atoms in total. The van der Waals surface area contributed by atoms with E-state index in [-0.39, 0.29) is 4.77 Å². The van der Waals surface area contributed by atoms with Crippen LogP contribution in [-0.2, 0) is 6.54 Å². The lowest BCUT2D eigenvalue weighted by atomic mass is 10.1. The number of aromatic amines is 1. The monoisotopic (exact) mass is 364 g/mol. The van der Waals surface area contributed by atoms with Crippen LogP contribution in [0.2, 0.25) is 0 Å². The third-order valence-electron chi connectivity index (χ3n) is 3.39. The zero-order chi connectivity index (χ0) is 17.8. The molecular formula is C15H14F2N6OS. The van der Waals surface area contributed by atoms with Crippen molar-refractivity contribution in [3.63, 3.8) is 0 Å². The maximum atomic E-state index is 12.9. The molecule has 3 rings (SSSR count). The molecule has 0 saturated heterocycles. The van der Waals surface area contributed by atoms with Gasteiger partial charge < -0.3 is 4.74 Å². The van der Waals surface area contributed by atoms with E-state index in [1.54, 1.807) is 30.1 Å². The SMILES string of the molecule is COc1ccc(/C=N/n2c(C(F)F)n[nH]c2=S)cc1Cn1cccn1. The zero-order valence-corrected chi connectivity index (χ0v) is 14.0. The first-order valence-corrected chi connectivity index (χ1v) is 7.63. The first-order valence-electron chi connectivity index (χ1n) is 7.22. The van der Waals surface area contributed by atoms with Crippen molar-refractivity contribution >= 4 is 18.4 Å². The predicted octanol–water partition coefficient (Wildman–Crippen LogP) is 3.01. The Morgan fingerprint density at radius 2 is 2.28 bits per heavy atom. The smallest absolute Gasteiger partial charge is 0.299 e. The molecule has 2 heterocycles. The number of ether oxygens (including phenoxy) is 1. The highest BCUT2D eigenvalue weighted by atomic mass is 32.1. The van der Waals surface area contributed by atoms with E-state index in [2.05, 4.69) is 20.4 Å². The summed E-state index contributed by atoms with van der Waals surface area (Å²) in [5.74, 6) is 0.160. The highest BCUT2D eigenvalue weighted by molar-refractivity contribution is 7.71. The van der Waals surface area contributed by atoms with Crippen LogP contribution in [-0.4, -0.2) is 38.0 Å². The maximum Gasteiger partial charge on any atom is 0.299 e. The minimum Gasteiger partial charge on any atom is -0.496 e. The number of alkyl halides is 2. The van der Waals surface area contributed by atoms with Crippen molar-refractivity contribution < 1.29 is 13.5 Å². The summed E-state index contributed by atoms with van der Waals surface area (Å²) in [7, 11) is 1.58. The highest BCUT2D eigenvalue weighted by Crippen LogP contribution is 2.21. The molecule has 1 aromatic carbocycles. The lowest BCUT2D eigenvalue weighted by Gasteiger charge is -2.09. The van der Waals surface area contributed by atoms with Crippen LogP contribution in [0.15, 0.2) is 41.8 Å². The lowest BCUT2D eigenvalue weighted by Crippen LogP contribution is -2.03. The number of hydrogen-bond donors (Lipinski definition) is 1. The van der Waals surface area contributed by atoms with Gasteiger partial charge in [-0.1, -0.05) is 0 Å². The number of hydrogen-bond acceptors (Lipinski definition) is 5. The Morgan fingerprint density at radius 1 is 1.44 bits per heavy atom. The van der Waals surface area contributed by atoms with Crippen LogP contribution in [0.1, 0.15) is 23.4 Å². The van der Waals surface area contributed by atoms with E-state index >= 15 is 0 Å². The summed E-state index contributed by atoms with van der Waals surface area (Å²) in [5, 5.41) is 13.9. The van der Waals surface area contributed by atoms with Crippen LogP contribution >= 0.6 is 12.2 Å². The molecule has 2 aromatic heterocycles. The van der Waals surface area contributed by atoms with Gasteiger partial charge in [0.05, 0.1) is 19.9 Å². The van der Waals surface area contributed by atoms with Crippen LogP contribution in [0, 0.1) is 4.77 Å². The summed E-state index contributed by atoms with van der Waals surface area (Å²) in [4.78, 5) is 0. The van der Waals surface area contributed by atoms with Crippen LogP contribution in [0.3, 0.4) is 0 Å². The molecule has 25 heavy (non-hydrogen) atoms. The summed E-state index contributed by atoms with van der Waals surface area (Å²) in [6, 6.07) is 7.21. The van der Waals surface area contributed by atoms with E-state index in [0.717, 1.165) is 10.2 Å². The minimum absolute atomic E-state index is 0.00294. The molecule has 0 amide bonds. The number of rotatable bonds is 6. The molecule has 0 aliphatic rings. The number of nitrogens with zero attached hydrogens (tertiary/aromatic N) is 5. The number of benzene rings is 1. The van der Waals surface area contributed by atoms with E-state index in [0.29, 0.717) is 17.9 Å². The van der Waals surface area contributed by atoms with E-state index in [1.807, 2.05) is 18.3 Å². The van der Waals surface area contributed by atoms with Crippen molar-refractivity contribution in [3.8, 4) is 5.75 Å². The average molecular weight is 364 g/mol. The van der Waals surface area contributed by atoms with Crippen molar-refractivity contribution in [1.29, 1.82) is 0 Å². The molecule has 0 atom stereocenters. The van der Waals surface area contributed by atoms with Gasteiger partial charge >= 0.3 is 0 Å². The van der Waals surface area contributed by atoms with Gasteiger partial charge in [-0.25, -0.2) is 13.9 Å². The Labute approximate surface area is 146 Å². The quantitative estimate of drug-likeness (QED) is 0.539. The number of H-pyrrole nitrogens is 1. The van der Waals surface area contributed by atoms with Gasteiger partial charge in [0, 0.05) is 18.0 Å². The largest absolute Gasteiger partial charge is 0.496 e. The first kappa shape index (κ1) is 17.0. The molecule has 0 saturated carbocycles. The summed E-state index contributed by atoms with van der Waals surface area (Å²) >= 11 is 4.92. The molecule has 0 aliphatic carbocycles. The Kier molecular flexibility index (Phi) is 4.98. The van der Waals surface area contributed by atoms with Crippen molar-refractivity contribution in [1.82, 2.24) is 24.7 Å². The Morgan fingerprint density at radius 3 is 2.96 bits per heavy atom. The van der Waals surface area contributed by atoms with Crippen molar-refractivity contribution in [2.45, 2.75) is 13.0 Å². The Bertz CT molecular complexity index is 932. The van der Waals surface area contributed by atoms with Gasteiger partial charge in [0.2, 0.25) is 10.6 Å². The topological polar surface area (TPSA) is 73.0 Å². The average Bonchev–Trinajstić information content (AvgIpc) is 3.23. The van der Waals surface area contributed by atoms with E-state index in [1.165, 1.54) is 6.21 Å². The molecular weight excluding hydrogens is 350 g/mol. The van der Waals surface area contributed by atoms with E-state index in [4.69, 9.17) is 17.0 Å². The van der Waals surface area contributed by atoms with Crippen LogP contribution in [0.4, 0.5) is 8.78 Å². The Balaban J connectivity index is 1.90. The van der Waals surface area contributed by atoms with E-state index in [9.17, 15) is 8.78 Å².